The molecule has 3 aromatic carbocycles. The number of allylic oxidation sites excluding steroid dienone is 1. The van der Waals surface area contributed by atoms with Crippen molar-refractivity contribution < 1.29 is 44.8 Å². The van der Waals surface area contributed by atoms with E-state index >= 15 is 0 Å². The maximum absolute atomic E-state index is 13.2. The second-order valence-corrected chi connectivity index (χ2v) is 11.9. The maximum atomic E-state index is 13.2. The average molecular weight is 560 g/mol. The summed E-state index contributed by atoms with van der Waals surface area (Å²) in [5, 5.41) is 1.20. The van der Waals surface area contributed by atoms with Gasteiger partial charge in [-0.15, -0.1) is 0 Å². The van der Waals surface area contributed by atoms with Gasteiger partial charge in [-0.1, -0.05) is 0 Å². The van der Waals surface area contributed by atoms with Crippen LogP contribution in [0.3, 0.4) is 0 Å². The Kier molecular flexibility index (Phi) is 9.17. The Morgan fingerprint density at radius 2 is 1.10 bits per heavy atom. The van der Waals surface area contributed by atoms with Gasteiger partial charge in [0.25, 0.3) is 0 Å². The van der Waals surface area contributed by atoms with Gasteiger partial charge in [0.2, 0.25) is 0 Å². The molecule has 0 unspecified atom stereocenters. The van der Waals surface area contributed by atoms with Crippen LogP contribution in [0.15, 0.2) is 104 Å². The predicted molar refractivity (Wildman–Crippen MR) is 118 cm³/mol. The average Bonchev–Trinajstić information content (AvgIpc) is 2.78. The second kappa shape index (κ2) is 11.2. The standard InChI is InChI=1S/C19H16F3O3PS.C3H5.Pd/c20-19(21,22)27(23,24)25-26(16-10-4-1-5-11-16,17-12-6-2-7-13-17)18-14-8-3-9-15-18;1-3-2;/h1-15,26H;3H,1-2H2;. The van der Waals surface area contributed by atoms with Crippen LogP contribution < -0.4 is 15.9 Å². The Bertz CT molecular complexity index is 965. The summed E-state index contributed by atoms with van der Waals surface area (Å²) >= 11 is 2.92. The third kappa shape index (κ3) is 6.13. The molecule has 3 aromatic rings. The molecule has 0 aliphatic heterocycles. The molecule has 0 bridgehead atoms. The van der Waals surface area contributed by atoms with E-state index in [1.165, 1.54) is 0 Å². The van der Waals surface area contributed by atoms with E-state index in [0.717, 1.165) is 4.89 Å². The van der Waals surface area contributed by atoms with Gasteiger partial charge in [-0.05, 0) is 0 Å². The van der Waals surface area contributed by atoms with Crippen molar-refractivity contribution >= 4 is 33.5 Å². The number of benzene rings is 3. The monoisotopic (exact) mass is 559 g/mol. The van der Waals surface area contributed by atoms with E-state index in [-0.39, 0.29) is 0 Å². The third-order valence-electron chi connectivity index (χ3n) is 4.15. The van der Waals surface area contributed by atoms with Gasteiger partial charge in [0.1, 0.15) is 0 Å². The predicted octanol–water partition coefficient (Wildman–Crippen LogP) is 4.63. The molecular formula is C22H21F3O3PPdS. The topological polar surface area (TPSA) is 43.4 Å². The molecule has 0 saturated heterocycles. The van der Waals surface area contributed by atoms with Crippen molar-refractivity contribution in [3.63, 3.8) is 0 Å². The summed E-state index contributed by atoms with van der Waals surface area (Å²) in [5.41, 5.74) is -5.52. The molecule has 0 N–H and O–H groups in total. The molecule has 0 heterocycles. The first-order valence-electron chi connectivity index (χ1n) is 9.00. The van der Waals surface area contributed by atoms with Gasteiger partial charge in [-0.3, -0.25) is 0 Å². The number of hydrogen-bond acceptors (Lipinski definition) is 3. The van der Waals surface area contributed by atoms with Crippen LogP contribution in [-0.2, 0) is 33.3 Å². The van der Waals surface area contributed by atoms with Gasteiger partial charge in [0, 0.05) is 0 Å². The molecule has 3 nitrogen and oxygen atoms in total. The van der Waals surface area contributed by atoms with Gasteiger partial charge in [-0.2, -0.15) is 0 Å². The molecule has 0 spiro atoms. The van der Waals surface area contributed by atoms with E-state index in [9.17, 15) is 21.6 Å². The molecule has 0 radical (unpaired) electrons. The molecule has 0 aromatic heterocycles. The molecular weight excluding hydrogens is 539 g/mol. The summed E-state index contributed by atoms with van der Waals surface area (Å²) in [6.45, 7) is 3.44. The fourth-order valence-corrected chi connectivity index (χ4v) is 8.71. The molecule has 9 heteroatoms. The van der Waals surface area contributed by atoms with Gasteiger partial charge < -0.3 is 0 Å². The Morgan fingerprint density at radius 1 is 0.806 bits per heavy atom. The molecule has 0 saturated carbocycles. The van der Waals surface area contributed by atoms with Gasteiger partial charge in [0.15, 0.2) is 0 Å². The van der Waals surface area contributed by atoms with Crippen LogP contribution in [0, 0.1) is 0 Å². The second-order valence-electron chi connectivity index (χ2n) is 6.18. The van der Waals surface area contributed by atoms with E-state index < -0.39 is 23.1 Å². The molecule has 0 aliphatic carbocycles. The van der Waals surface area contributed by atoms with Gasteiger partial charge in [-0.25, -0.2) is 0 Å². The van der Waals surface area contributed by atoms with Crippen LogP contribution in [0.25, 0.3) is 0 Å². The summed E-state index contributed by atoms with van der Waals surface area (Å²) in [6, 6.07) is 24.6. The molecule has 0 fully saturated rings. The van der Waals surface area contributed by atoms with Crippen molar-refractivity contribution in [1.29, 1.82) is 0 Å². The van der Waals surface area contributed by atoms with Crippen LogP contribution >= 0.6 is 7.49 Å². The van der Waals surface area contributed by atoms with Crippen molar-refractivity contribution in [2.24, 2.45) is 0 Å². The summed E-state index contributed by atoms with van der Waals surface area (Å²) < 4.78 is 68.9. The number of rotatable bonds is 6. The normalized spacial score (nSPS) is 12.4. The van der Waals surface area contributed by atoms with Crippen molar-refractivity contribution in [3.8, 4) is 0 Å². The zero-order valence-corrected chi connectivity index (χ0v) is 19.6. The molecule has 3 rings (SSSR count). The number of hydrogen-bond donors (Lipinski definition) is 0. The molecule has 0 aliphatic rings. The van der Waals surface area contributed by atoms with E-state index in [2.05, 4.69) is 25.8 Å². The third-order valence-corrected chi connectivity index (χ3v) is 10.5. The number of halogens is 3. The van der Waals surface area contributed by atoms with Gasteiger partial charge >= 0.3 is 192 Å². The first kappa shape index (κ1) is 25.5. The molecule has 31 heavy (non-hydrogen) atoms. The van der Waals surface area contributed by atoms with Crippen molar-refractivity contribution in [2.75, 3.05) is 0 Å². The Labute approximate surface area is 191 Å². The first-order chi connectivity index (χ1) is 14.7. The quantitative estimate of drug-likeness (QED) is 0.191. The number of alkyl halides is 3. The Hall–Kier alpha value is -1.81. The fourth-order valence-electron chi connectivity index (χ4n) is 2.87. The van der Waals surface area contributed by atoms with Crippen LogP contribution in [0.2, 0.25) is 4.89 Å². The molecule has 0 amide bonds. The zero-order chi connectivity index (χ0) is 23.0. The Morgan fingerprint density at radius 3 is 1.32 bits per heavy atom. The van der Waals surface area contributed by atoms with Crippen molar-refractivity contribution in [2.45, 2.75) is 10.4 Å². The summed E-state index contributed by atoms with van der Waals surface area (Å²) in [4.78, 5) is 0.933. The zero-order valence-electron chi connectivity index (χ0n) is 16.2. The summed E-state index contributed by atoms with van der Waals surface area (Å²) in [5.74, 6) is 0. The van der Waals surface area contributed by atoms with E-state index in [1.54, 1.807) is 91.0 Å². The molecule has 169 valence electrons. The van der Waals surface area contributed by atoms with Crippen LogP contribution in [-0.4, -0.2) is 13.9 Å². The minimum absolute atomic E-state index is 0.398. The van der Waals surface area contributed by atoms with Crippen molar-refractivity contribution in [3.05, 3.63) is 104 Å². The van der Waals surface area contributed by atoms with E-state index in [1.807, 2.05) is 6.08 Å². The summed E-state index contributed by atoms with van der Waals surface area (Å²) in [6.07, 6.45) is 1.81. The van der Waals surface area contributed by atoms with Crippen LogP contribution in [0.1, 0.15) is 0 Å². The van der Waals surface area contributed by atoms with Crippen LogP contribution in [0.5, 0.6) is 0 Å². The van der Waals surface area contributed by atoms with Gasteiger partial charge in [0.05, 0.1) is 0 Å². The minimum atomic E-state index is -5.84. The summed E-state index contributed by atoms with van der Waals surface area (Å²) in [7, 11) is -9.82. The first-order valence-corrected chi connectivity index (χ1v) is 13.4. The SMILES string of the molecule is C=C[CH2][Pd].O=S(=O)(O[PH](c1ccccc1)(c1ccccc1)c1ccccc1)C(F)(F)F. The fraction of sp³-hybridized carbons (Fsp3) is 0.0909. The van der Waals surface area contributed by atoms with E-state index in [0.29, 0.717) is 15.9 Å². The Balaban J connectivity index is 0.000000785. The molecule has 0 atom stereocenters. The van der Waals surface area contributed by atoms with Crippen LogP contribution in [0.4, 0.5) is 13.2 Å². The van der Waals surface area contributed by atoms with Crippen molar-refractivity contribution in [1.82, 2.24) is 0 Å². The van der Waals surface area contributed by atoms with E-state index in [4.69, 9.17) is 3.97 Å².